The number of carbonyl (C=O) groups is 1. The Hall–Kier alpha value is -2.56. The highest BCUT2D eigenvalue weighted by molar-refractivity contribution is 7.18. The number of aromatic nitrogens is 1. The second-order valence-electron chi connectivity index (χ2n) is 8.31. The summed E-state index contributed by atoms with van der Waals surface area (Å²) in [6, 6.07) is 7.78. The van der Waals surface area contributed by atoms with Gasteiger partial charge in [-0.1, -0.05) is 6.07 Å². The summed E-state index contributed by atoms with van der Waals surface area (Å²) in [5.41, 5.74) is 4.89. The van der Waals surface area contributed by atoms with Gasteiger partial charge in [-0.05, 0) is 57.4 Å². The molecule has 1 aliphatic rings. The largest absolute Gasteiger partial charge is 0.494 e. The maximum atomic E-state index is 14.3. The first-order valence-electron chi connectivity index (χ1n) is 9.64. The molecule has 1 amide bonds. The van der Waals surface area contributed by atoms with E-state index in [0.717, 1.165) is 27.8 Å². The van der Waals surface area contributed by atoms with Crippen molar-refractivity contribution in [3.05, 3.63) is 52.5 Å². The van der Waals surface area contributed by atoms with Crippen LogP contribution in [-0.4, -0.2) is 29.2 Å². The number of benzene rings is 2. The fourth-order valence-corrected chi connectivity index (χ4v) is 4.05. The van der Waals surface area contributed by atoms with E-state index in [2.05, 4.69) is 4.98 Å². The minimum atomic E-state index is -1.20. The van der Waals surface area contributed by atoms with Crippen LogP contribution in [-0.2, 0) is 15.9 Å². The minimum absolute atomic E-state index is 0.0497. The standard InChI is InChI=1S/C21H21BF2N2O4S/c1-20(2)21(3,4)30-22(29-20)11-5-8-15-13(9-11)26-16(31-15)10-28-14-7-6-12(23)17(18(14)24)19(25)27/h5-9H,10H2,1-4H3,(H2,25,27). The van der Waals surface area contributed by atoms with Crippen molar-refractivity contribution in [1.82, 2.24) is 4.98 Å². The number of thiazole rings is 1. The van der Waals surface area contributed by atoms with Gasteiger partial charge in [0, 0.05) is 0 Å². The quantitative estimate of drug-likeness (QED) is 0.607. The predicted molar refractivity (Wildman–Crippen MR) is 115 cm³/mol. The van der Waals surface area contributed by atoms with Gasteiger partial charge in [-0.2, -0.15) is 0 Å². The molecule has 0 spiro atoms. The molecular formula is C21H21BF2N2O4S. The second kappa shape index (κ2) is 7.54. The van der Waals surface area contributed by atoms with Crippen molar-refractivity contribution in [3.63, 3.8) is 0 Å². The van der Waals surface area contributed by atoms with Gasteiger partial charge in [0.1, 0.15) is 23.0 Å². The lowest BCUT2D eigenvalue weighted by Gasteiger charge is -2.32. The minimum Gasteiger partial charge on any atom is -0.483 e. The highest BCUT2D eigenvalue weighted by Crippen LogP contribution is 2.36. The molecule has 0 unspecified atom stereocenters. The Morgan fingerprint density at radius 3 is 2.48 bits per heavy atom. The number of carbonyl (C=O) groups excluding carboxylic acids is 1. The molecule has 0 aliphatic carbocycles. The number of nitrogens with zero attached hydrogens (tertiary/aromatic N) is 1. The molecule has 2 N–H and O–H groups in total. The Labute approximate surface area is 182 Å². The summed E-state index contributed by atoms with van der Waals surface area (Å²) >= 11 is 1.38. The molecule has 162 valence electrons. The molecular weight excluding hydrogens is 425 g/mol. The first-order valence-corrected chi connectivity index (χ1v) is 10.5. The average molecular weight is 446 g/mol. The fraction of sp³-hybridized carbons (Fsp3) is 0.333. The summed E-state index contributed by atoms with van der Waals surface area (Å²) in [6.07, 6.45) is 0. The lowest BCUT2D eigenvalue weighted by Crippen LogP contribution is -2.41. The summed E-state index contributed by atoms with van der Waals surface area (Å²) in [4.78, 5) is 15.8. The molecule has 2 aromatic carbocycles. The van der Waals surface area contributed by atoms with Crippen molar-refractivity contribution in [2.24, 2.45) is 5.73 Å². The molecule has 1 fully saturated rings. The third-order valence-electron chi connectivity index (χ3n) is 5.63. The Bertz CT molecular complexity index is 1170. The summed E-state index contributed by atoms with van der Waals surface area (Å²) in [5, 5.41) is 0.588. The van der Waals surface area contributed by atoms with Crippen molar-refractivity contribution in [1.29, 1.82) is 0 Å². The molecule has 1 saturated heterocycles. The van der Waals surface area contributed by atoms with Gasteiger partial charge in [-0.15, -0.1) is 11.3 Å². The Morgan fingerprint density at radius 1 is 1.16 bits per heavy atom. The highest BCUT2D eigenvalue weighted by Gasteiger charge is 2.51. The number of hydrogen-bond donors (Lipinski definition) is 1. The van der Waals surface area contributed by atoms with Gasteiger partial charge in [0.2, 0.25) is 0 Å². The molecule has 0 saturated carbocycles. The van der Waals surface area contributed by atoms with E-state index >= 15 is 0 Å². The van der Waals surface area contributed by atoms with Crippen LogP contribution in [0.3, 0.4) is 0 Å². The number of hydrogen-bond acceptors (Lipinski definition) is 6. The van der Waals surface area contributed by atoms with Crippen LogP contribution in [0.2, 0.25) is 0 Å². The molecule has 0 bridgehead atoms. The molecule has 1 aromatic heterocycles. The summed E-state index contributed by atoms with van der Waals surface area (Å²) in [5.74, 6) is -3.63. The van der Waals surface area contributed by atoms with E-state index in [4.69, 9.17) is 19.8 Å². The van der Waals surface area contributed by atoms with Crippen molar-refractivity contribution in [3.8, 4) is 5.75 Å². The Kier molecular flexibility index (Phi) is 5.27. The normalized spacial score (nSPS) is 17.3. The zero-order chi connectivity index (χ0) is 22.6. The maximum absolute atomic E-state index is 14.3. The van der Waals surface area contributed by atoms with Crippen molar-refractivity contribution in [2.75, 3.05) is 0 Å². The van der Waals surface area contributed by atoms with Gasteiger partial charge >= 0.3 is 7.12 Å². The molecule has 2 heterocycles. The zero-order valence-electron chi connectivity index (χ0n) is 17.5. The monoisotopic (exact) mass is 446 g/mol. The summed E-state index contributed by atoms with van der Waals surface area (Å²) < 4.78 is 46.5. The Morgan fingerprint density at radius 2 is 1.84 bits per heavy atom. The fourth-order valence-electron chi connectivity index (χ4n) is 3.19. The molecule has 0 atom stereocenters. The predicted octanol–water partition coefficient (Wildman–Crippen LogP) is 3.55. The third-order valence-corrected chi connectivity index (χ3v) is 6.64. The van der Waals surface area contributed by atoms with Crippen LogP contribution >= 0.6 is 11.3 Å². The van der Waals surface area contributed by atoms with Gasteiger partial charge in [-0.3, -0.25) is 4.79 Å². The first kappa shape index (κ1) is 21.7. The van der Waals surface area contributed by atoms with Crippen LogP contribution in [0.5, 0.6) is 5.75 Å². The number of rotatable bonds is 5. The van der Waals surface area contributed by atoms with E-state index in [-0.39, 0.29) is 12.4 Å². The number of primary amides is 1. The molecule has 10 heteroatoms. The maximum Gasteiger partial charge on any atom is 0.494 e. The molecule has 31 heavy (non-hydrogen) atoms. The van der Waals surface area contributed by atoms with E-state index in [1.54, 1.807) is 0 Å². The van der Waals surface area contributed by atoms with E-state index in [9.17, 15) is 13.6 Å². The van der Waals surface area contributed by atoms with Crippen LogP contribution in [0.1, 0.15) is 43.1 Å². The Balaban J connectivity index is 1.54. The number of nitrogens with two attached hydrogens (primary N) is 1. The first-order chi connectivity index (χ1) is 14.5. The van der Waals surface area contributed by atoms with E-state index in [1.165, 1.54) is 11.3 Å². The molecule has 6 nitrogen and oxygen atoms in total. The van der Waals surface area contributed by atoms with Crippen LogP contribution in [0.4, 0.5) is 8.78 Å². The van der Waals surface area contributed by atoms with Gasteiger partial charge in [-0.25, -0.2) is 13.8 Å². The molecule has 4 rings (SSSR count). The zero-order valence-corrected chi connectivity index (χ0v) is 18.3. The van der Waals surface area contributed by atoms with Gasteiger partial charge in [0.25, 0.3) is 5.91 Å². The number of ether oxygens (including phenoxy) is 1. The van der Waals surface area contributed by atoms with Crippen molar-refractivity contribution >= 4 is 40.0 Å². The molecule has 3 aromatic rings. The number of fused-ring (bicyclic) bond motifs is 1. The van der Waals surface area contributed by atoms with Crippen LogP contribution in [0.15, 0.2) is 30.3 Å². The highest BCUT2D eigenvalue weighted by atomic mass is 32.1. The van der Waals surface area contributed by atoms with Crippen LogP contribution in [0, 0.1) is 11.6 Å². The van der Waals surface area contributed by atoms with Crippen LogP contribution in [0.25, 0.3) is 10.2 Å². The van der Waals surface area contributed by atoms with E-state index < -0.39 is 41.4 Å². The topological polar surface area (TPSA) is 83.7 Å². The lowest BCUT2D eigenvalue weighted by molar-refractivity contribution is 0.00578. The second-order valence-corrected chi connectivity index (χ2v) is 9.43. The molecule has 1 aliphatic heterocycles. The lowest BCUT2D eigenvalue weighted by atomic mass is 9.79. The van der Waals surface area contributed by atoms with Crippen LogP contribution < -0.4 is 15.9 Å². The third kappa shape index (κ3) is 3.91. The van der Waals surface area contributed by atoms with Crippen molar-refractivity contribution < 1.29 is 27.6 Å². The summed E-state index contributed by atoms with van der Waals surface area (Å²) in [6.45, 7) is 7.90. The smallest absolute Gasteiger partial charge is 0.483 e. The van der Waals surface area contributed by atoms with E-state index in [0.29, 0.717) is 5.01 Å². The number of amides is 1. The summed E-state index contributed by atoms with van der Waals surface area (Å²) in [7, 11) is -0.503. The SMILES string of the molecule is CC1(C)OB(c2ccc3sc(COc4ccc(F)c(C(N)=O)c4F)nc3c2)OC1(C)C. The number of halogens is 2. The van der Waals surface area contributed by atoms with E-state index in [1.807, 2.05) is 45.9 Å². The van der Waals surface area contributed by atoms with Gasteiger partial charge < -0.3 is 19.8 Å². The van der Waals surface area contributed by atoms with Gasteiger partial charge in [0.15, 0.2) is 11.6 Å². The van der Waals surface area contributed by atoms with Crippen molar-refractivity contribution in [2.45, 2.75) is 45.5 Å². The average Bonchev–Trinajstić information content (AvgIpc) is 3.17. The van der Waals surface area contributed by atoms with Gasteiger partial charge in [0.05, 0.1) is 21.4 Å². The molecule has 0 radical (unpaired) electrons.